The van der Waals surface area contributed by atoms with Gasteiger partial charge in [0.2, 0.25) is 0 Å². The monoisotopic (exact) mass is 227 g/mol. The lowest BCUT2D eigenvalue weighted by atomic mass is 9.85. The smallest absolute Gasteiger partial charge is 0.304 e. The summed E-state index contributed by atoms with van der Waals surface area (Å²) >= 11 is 0. The second kappa shape index (κ2) is 5.67. The number of aliphatic carboxylic acids is 1. The fourth-order valence-corrected chi connectivity index (χ4v) is 2.52. The molecule has 0 saturated carbocycles. The summed E-state index contributed by atoms with van der Waals surface area (Å²) in [6, 6.07) is 0.220. The van der Waals surface area contributed by atoms with E-state index in [9.17, 15) is 4.79 Å². The van der Waals surface area contributed by atoms with Crippen molar-refractivity contribution in [3.05, 3.63) is 0 Å². The second-order valence-corrected chi connectivity index (χ2v) is 6.11. The minimum Gasteiger partial charge on any atom is -0.481 e. The summed E-state index contributed by atoms with van der Waals surface area (Å²) in [7, 11) is 0. The van der Waals surface area contributed by atoms with Crippen molar-refractivity contribution in [2.24, 2.45) is 5.41 Å². The van der Waals surface area contributed by atoms with E-state index in [2.05, 4.69) is 25.7 Å². The Hall–Kier alpha value is -0.570. The predicted octanol–water partition coefficient (Wildman–Crippen LogP) is 2.75. The van der Waals surface area contributed by atoms with E-state index in [0.29, 0.717) is 0 Å². The maximum atomic E-state index is 10.9. The first-order valence-corrected chi connectivity index (χ1v) is 6.34. The zero-order chi connectivity index (χ0) is 12.2. The van der Waals surface area contributed by atoms with E-state index in [4.69, 9.17) is 5.11 Å². The first-order valence-electron chi connectivity index (χ1n) is 6.34. The predicted molar refractivity (Wildman–Crippen MR) is 65.5 cm³/mol. The van der Waals surface area contributed by atoms with Crippen LogP contribution in [0.1, 0.15) is 52.9 Å². The van der Waals surface area contributed by atoms with Crippen LogP contribution in [0.5, 0.6) is 0 Å². The first kappa shape index (κ1) is 13.5. The summed E-state index contributed by atoms with van der Waals surface area (Å²) in [5.74, 6) is -0.667. The maximum absolute atomic E-state index is 10.9. The number of carbonyl (C=O) groups is 1. The van der Waals surface area contributed by atoms with Crippen LogP contribution in [0, 0.1) is 5.41 Å². The molecule has 0 aromatic carbocycles. The highest BCUT2D eigenvalue weighted by atomic mass is 16.4. The van der Waals surface area contributed by atoms with E-state index in [1.54, 1.807) is 0 Å². The van der Waals surface area contributed by atoms with Gasteiger partial charge in [0, 0.05) is 6.04 Å². The third kappa shape index (κ3) is 4.97. The first-order chi connectivity index (χ1) is 7.38. The average molecular weight is 227 g/mol. The molecular weight excluding hydrogens is 202 g/mol. The standard InChI is InChI=1S/C13H25NO2/c1-13(2,3)10-11(9-12(15)16)14-7-5-4-6-8-14/h11H,4-10H2,1-3H3,(H,15,16). The van der Waals surface area contributed by atoms with Gasteiger partial charge in [-0.25, -0.2) is 0 Å². The lowest BCUT2D eigenvalue weighted by molar-refractivity contribution is -0.138. The summed E-state index contributed by atoms with van der Waals surface area (Å²) in [6.07, 6.45) is 5.00. The van der Waals surface area contributed by atoms with Crippen molar-refractivity contribution in [1.29, 1.82) is 0 Å². The highest BCUT2D eigenvalue weighted by Crippen LogP contribution is 2.27. The molecule has 0 aliphatic carbocycles. The molecule has 1 aliphatic rings. The summed E-state index contributed by atoms with van der Waals surface area (Å²) < 4.78 is 0. The Morgan fingerprint density at radius 3 is 2.25 bits per heavy atom. The lowest BCUT2D eigenvalue weighted by Crippen LogP contribution is -2.42. The molecule has 0 aromatic rings. The van der Waals surface area contributed by atoms with E-state index in [-0.39, 0.29) is 17.9 Å². The largest absolute Gasteiger partial charge is 0.481 e. The summed E-state index contributed by atoms with van der Waals surface area (Å²) in [6.45, 7) is 8.71. The summed E-state index contributed by atoms with van der Waals surface area (Å²) in [4.78, 5) is 13.3. The normalized spacial score (nSPS) is 20.7. The number of piperidine rings is 1. The molecule has 0 radical (unpaired) electrons. The maximum Gasteiger partial charge on any atom is 0.304 e. The van der Waals surface area contributed by atoms with Crippen molar-refractivity contribution < 1.29 is 9.90 Å². The molecular formula is C13H25NO2. The molecule has 1 unspecified atom stereocenters. The molecule has 0 aromatic heterocycles. The SMILES string of the molecule is CC(C)(C)CC(CC(=O)O)N1CCCCC1. The van der Waals surface area contributed by atoms with Crippen LogP contribution in [0.4, 0.5) is 0 Å². The van der Waals surface area contributed by atoms with Gasteiger partial charge in [-0.15, -0.1) is 0 Å². The van der Waals surface area contributed by atoms with E-state index < -0.39 is 5.97 Å². The Labute approximate surface area is 98.8 Å². The molecule has 1 heterocycles. The molecule has 0 bridgehead atoms. The molecule has 1 N–H and O–H groups in total. The van der Waals surface area contributed by atoms with Crippen LogP contribution in [0.15, 0.2) is 0 Å². The summed E-state index contributed by atoms with van der Waals surface area (Å²) in [5.41, 5.74) is 0.206. The zero-order valence-corrected chi connectivity index (χ0v) is 10.8. The summed E-state index contributed by atoms with van der Waals surface area (Å²) in [5, 5.41) is 8.98. The minimum atomic E-state index is -0.667. The fraction of sp³-hybridized carbons (Fsp3) is 0.923. The van der Waals surface area contributed by atoms with Gasteiger partial charge in [0.1, 0.15) is 0 Å². The third-order valence-electron chi connectivity index (χ3n) is 3.17. The third-order valence-corrected chi connectivity index (χ3v) is 3.17. The van der Waals surface area contributed by atoms with Gasteiger partial charge < -0.3 is 5.11 Å². The molecule has 3 heteroatoms. The van der Waals surface area contributed by atoms with Crippen molar-refractivity contribution in [3.63, 3.8) is 0 Å². The second-order valence-electron chi connectivity index (χ2n) is 6.11. The van der Waals surface area contributed by atoms with Crippen molar-refractivity contribution in [3.8, 4) is 0 Å². The molecule has 94 valence electrons. The van der Waals surface area contributed by atoms with Crippen LogP contribution >= 0.6 is 0 Å². The van der Waals surface area contributed by atoms with E-state index in [1.807, 2.05) is 0 Å². The van der Waals surface area contributed by atoms with Gasteiger partial charge in [0.25, 0.3) is 0 Å². The van der Waals surface area contributed by atoms with Gasteiger partial charge in [-0.05, 0) is 37.8 Å². The van der Waals surface area contributed by atoms with Crippen molar-refractivity contribution >= 4 is 5.97 Å². The number of likely N-dealkylation sites (tertiary alicyclic amines) is 1. The minimum absolute atomic E-state index is 0.206. The van der Waals surface area contributed by atoms with E-state index in [0.717, 1.165) is 19.5 Å². The van der Waals surface area contributed by atoms with Gasteiger partial charge in [0.05, 0.1) is 6.42 Å². The van der Waals surface area contributed by atoms with E-state index in [1.165, 1.54) is 19.3 Å². The number of hydrogen-bond donors (Lipinski definition) is 1. The van der Waals surface area contributed by atoms with Crippen LogP contribution in [0.2, 0.25) is 0 Å². The Balaban J connectivity index is 2.58. The Bertz CT molecular complexity index is 227. The van der Waals surface area contributed by atoms with Gasteiger partial charge in [-0.1, -0.05) is 27.2 Å². The Kier molecular flexibility index (Phi) is 4.78. The van der Waals surface area contributed by atoms with Crippen molar-refractivity contribution in [2.45, 2.75) is 58.9 Å². The molecule has 1 fully saturated rings. The highest BCUT2D eigenvalue weighted by molar-refractivity contribution is 5.67. The molecule has 1 atom stereocenters. The van der Waals surface area contributed by atoms with Crippen molar-refractivity contribution in [1.82, 2.24) is 4.90 Å². The van der Waals surface area contributed by atoms with Crippen LogP contribution in [0.3, 0.4) is 0 Å². The number of rotatable bonds is 4. The molecule has 1 aliphatic heterocycles. The van der Waals surface area contributed by atoms with Gasteiger partial charge in [-0.3, -0.25) is 9.69 Å². The van der Waals surface area contributed by atoms with Gasteiger partial charge in [-0.2, -0.15) is 0 Å². The Morgan fingerprint density at radius 1 is 1.25 bits per heavy atom. The average Bonchev–Trinajstić information content (AvgIpc) is 2.15. The Morgan fingerprint density at radius 2 is 1.81 bits per heavy atom. The number of nitrogens with zero attached hydrogens (tertiary/aromatic N) is 1. The molecule has 1 saturated heterocycles. The fourth-order valence-electron chi connectivity index (χ4n) is 2.52. The zero-order valence-electron chi connectivity index (χ0n) is 10.8. The number of carboxylic acids is 1. The van der Waals surface area contributed by atoms with Crippen molar-refractivity contribution in [2.75, 3.05) is 13.1 Å². The lowest BCUT2D eigenvalue weighted by Gasteiger charge is -2.37. The van der Waals surface area contributed by atoms with Crippen LogP contribution in [-0.4, -0.2) is 35.1 Å². The number of carboxylic acid groups (broad SMARTS) is 1. The van der Waals surface area contributed by atoms with Crippen LogP contribution in [-0.2, 0) is 4.79 Å². The molecule has 0 amide bonds. The molecule has 16 heavy (non-hydrogen) atoms. The van der Waals surface area contributed by atoms with Gasteiger partial charge in [0.15, 0.2) is 0 Å². The quantitative estimate of drug-likeness (QED) is 0.803. The molecule has 1 rings (SSSR count). The number of hydrogen-bond acceptors (Lipinski definition) is 2. The topological polar surface area (TPSA) is 40.5 Å². The highest BCUT2D eigenvalue weighted by Gasteiger charge is 2.27. The van der Waals surface area contributed by atoms with Crippen LogP contribution < -0.4 is 0 Å². The van der Waals surface area contributed by atoms with Crippen LogP contribution in [0.25, 0.3) is 0 Å². The van der Waals surface area contributed by atoms with Gasteiger partial charge >= 0.3 is 5.97 Å². The molecule has 0 spiro atoms. The molecule has 3 nitrogen and oxygen atoms in total. The van der Waals surface area contributed by atoms with E-state index >= 15 is 0 Å².